The molecule has 0 saturated carbocycles. The highest BCUT2D eigenvalue weighted by atomic mass is 16.2. The van der Waals surface area contributed by atoms with E-state index in [4.69, 9.17) is 5.73 Å². The van der Waals surface area contributed by atoms with Crippen molar-refractivity contribution in [3.05, 3.63) is 36.2 Å². The molecule has 1 aromatic heterocycles. The summed E-state index contributed by atoms with van der Waals surface area (Å²) in [5, 5.41) is 5.29. The van der Waals surface area contributed by atoms with E-state index in [-0.39, 0.29) is 5.56 Å². The molecule has 1 heterocycles. The number of carbonyl (C=O) groups is 2. The van der Waals surface area contributed by atoms with E-state index in [0.29, 0.717) is 11.4 Å². The Morgan fingerprint density at radius 2 is 2.11 bits per heavy atom. The number of pyridine rings is 1. The normalized spacial score (nSPS) is 10.7. The van der Waals surface area contributed by atoms with Crippen LogP contribution in [0.25, 0.3) is 0 Å². The zero-order valence-electron chi connectivity index (χ0n) is 11.3. The van der Waals surface area contributed by atoms with E-state index >= 15 is 0 Å². The molecule has 0 aromatic carbocycles. The van der Waals surface area contributed by atoms with Crippen LogP contribution in [0.1, 0.15) is 29.9 Å². The van der Waals surface area contributed by atoms with Crippen molar-refractivity contribution >= 4 is 17.6 Å². The number of nitrogens with one attached hydrogen (secondary N) is 2. The lowest BCUT2D eigenvalue weighted by molar-refractivity contribution is 0.0999. The first-order valence-corrected chi connectivity index (χ1v) is 5.74. The maximum Gasteiger partial charge on any atom is 0.319 e. The number of aryl methyl sites for hydroxylation is 1. The Hall–Kier alpha value is -2.37. The lowest BCUT2D eigenvalue weighted by atomic mass is 10.1. The molecular formula is C13H18N4O2. The van der Waals surface area contributed by atoms with Crippen molar-refractivity contribution in [3.8, 4) is 0 Å². The largest absolute Gasteiger partial charge is 0.366 e. The van der Waals surface area contributed by atoms with E-state index in [2.05, 4.69) is 22.2 Å². The van der Waals surface area contributed by atoms with Gasteiger partial charge in [0.2, 0.25) is 0 Å². The molecule has 0 aliphatic carbocycles. The highest BCUT2D eigenvalue weighted by Gasteiger charge is 2.16. The fraction of sp³-hybridized carbons (Fsp3) is 0.308. The molecule has 0 aliphatic rings. The predicted molar refractivity (Wildman–Crippen MR) is 73.9 cm³/mol. The first-order chi connectivity index (χ1) is 8.75. The van der Waals surface area contributed by atoms with Crippen LogP contribution in [0.3, 0.4) is 0 Å². The van der Waals surface area contributed by atoms with Crippen molar-refractivity contribution in [2.75, 3.05) is 5.32 Å². The second-order valence-corrected chi connectivity index (χ2v) is 4.73. The van der Waals surface area contributed by atoms with E-state index < -0.39 is 17.5 Å². The molecule has 0 fully saturated rings. The molecule has 19 heavy (non-hydrogen) atoms. The number of nitrogens with two attached hydrogens (primary N) is 1. The fourth-order valence-electron chi connectivity index (χ4n) is 1.36. The number of nitrogens with zero attached hydrogens (tertiary/aromatic N) is 1. The van der Waals surface area contributed by atoms with Gasteiger partial charge in [-0.2, -0.15) is 0 Å². The van der Waals surface area contributed by atoms with Gasteiger partial charge in [-0.3, -0.25) is 9.78 Å². The number of hydrogen-bond donors (Lipinski definition) is 3. The molecule has 0 spiro atoms. The second kappa shape index (κ2) is 5.51. The molecule has 102 valence electrons. The monoisotopic (exact) mass is 262 g/mol. The van der Waals surface area contributed by atoms with E-state index in [1.54, 1.807) is 13.0 Å². The van der Waals surface area contributed by atoms with Crippen LogP contribution in [0.5, 0.6) is 0 Å². The van der Waals surface area contributed by atoms with Crippen LogP contribution in [-0.4, -0.2) is 22.5 Å². The Morgan fingerprint density at radius 1 is 1.47 bits per heavy atom. The van der Waals surface area contributed by atoms with Gasteiger partial charge in [0.1, 0.15) is 0 Å². The minimum absolute atomic E-state index is 0.279. The summed E-state index contributed by atoms with van der Waals surface area (Å²) in [6.45, 7) is 8.91. The number of aromatic nitrogens is 1. The maximum atomic E-state index is 11.7. The molecule has 1 rings (SSSR count). The van der Waals surface area contributed by atoms with Gasteiger partial charge in [0.25, 0.3) is 5.91 Å². The minimum atomic E-state index is -0.583. The van der Waals surface area contributed by atoms with Crippen LogP contribution in [-0.2, 0) is 0 Å². The molecule has 0 bridgehead atoms. The first-order valence-electron chi connectivity index (χ1n) is 5.74. The number of carbonyl (C=O) groups excluding carboxylic acids is 2. The predicted octanol–water partition coefficient (Wildman–Crippen LogP) is 1.58. The Labute approximate surface area is 112 Å². The maximum absolute atomic E-state index is 11.7. The summed E-state index contributed by atoms with van der Waals surface area (Å²) in [4.78, 5) is 26.9. The van der Waals surface area contributed by atoms with Gasteiger partial charge in [-0.1, -0.05) is 6.08 Å². The van der Waals surface area contributed by atoms with E-state index in [9.17, 15) is 9.59 Å². The highest BCUT2D eigenvalue weighted by molar-refractivity contribution is 5.96. The van der Waals surface area contributed by atoms with Crippen LogP contribution < -0.4 is 16.4 Å². The molecule has 0 unspecified atom stereocenters. The summed E-state index contributed by atoms with van der Waals surface area (Å²) in [5.41, 5.74) is 5.88. The molecule has 0 atom stereocenters. The van der Waals surface area contributed by atoms with Crippen LogP contribution in [0.4, 0.5) is 10.5 Å². The lowest BCUT2D eigenvalue weighted by Crippen LogP contribution is -2.43. The Morgan fingerprint density at radius 3 is 2.63 bits per heavy atom. The third-order valence-electron chi connectivity index (χ3n) is 2.56. The summed E-state index contributed by atoms with van der Waals surface area (Å²) in [6.07, 6.45) is 3.08. The van der Waals surface area contributed by atoms with Gasteiger partial charge in [0.15, 0.2) is 0 Å². The molecule has 3 amide bonds. The second-order valence-electron chi connectivity index (χ2n) is 4.73. The minimum Gasteiger partial charge on any atom is -0.366 e. The van der Waals surface area contributed by atoms with Gasteiger partial charge in [0, 0.05) is 0 Å². The number of hydrogen-bond acceptors (Lipinski definition) is 3. The van der Waals surface area contributed by atoms with Gasteiger partial charge in [0.05, 0.1) is 28.7 Å². The molecule has 0 aliphatic heterocycles. The van der Waals surface area contributed by atoms with Crippen molar-refractivity contribution in [1.82, 2.24) is 10.3 Å². The van der Waals surface area contributed by atoms with Gasteiger partial charge >= 0.3 is 6.03 Å². The average molecular weight is 262 g/mol. The number of primary amides is 1. The molecule has 0 saturated heterocycles. The third-order valence-corrected chi connectivity index (χ3v) is 2.56. The molecule has 4 N–H and O–H groups in total. The van der Waals surface area contributed by atoms with Crippen molar-refractivity contribution in [1.29, 1.82) is 0 Å². The number of rotatable bonds is 4. The van der Waals surface area contributed by atoms with Gasteiger partial charge in [-0.15, -0.1) is 6.58 Å². The molecule has 6 heteroatoms. The fourth-order valence-corrected chi connectivity index (χ4v) is 1.36. The van der Waals surface area contributed by atoms with E-state index in [1.807, 2.05) is 13.8 Å². The topological polar surface area (TPSA) is 97.1 Å². The summed E-state index contributed by atoms with van der Waals surface area (Å²) >= 11 is 0. The summed E-state index contributed by atoms with van der Waals surface area (Å²) in [6, 6.07) is 1.08. The summed E-state index contributed by atoms with van der Waals surface area (Å²) in [7, 11) is 0. The van der Waals surface area contributed by atoms with Crippen molar-refractivity contribution in [2.24, 2.45) is 5.73 Å². The van der Waals surface area contributed by atoms with Crippen molar-refractivity contribution in [3.63, 3.8) is 0 Å². The van der Waals surface area contributed by atoms with Crippen LogP contribution in [0.2, 0.25) is 0 Å². The molecule has 0 radical (unpaired) electrons. The van der Waals surface area contributed by atoms with Gasteiger partial charge < -0.3 is 16.4 Å². The quantitative estimate of drug-likeness (QED) is 0.718. The van der Waals surface area contributed by atoms with E-state index in [1.165, 1.54) is 12.3 Å². The Balaban J connectivity index is 2.83. The molecular weight excluding hydrogens is 244 g/mol. The summed E-state index contributed by atoms with van der Waals surface area (Å²) < 4.78 is 0. The lowest BCUT2D eigenvalue weighted by Gasteiger charge is -2.22. The zero-order chi connectivity index (χ0) is 14.6. The number of anilines is 1. The standard InChI is InChI=1S/C13H18N4O2/c1-5-13(3,4)17-12(19)16-9-6-10(11(14)18)8(2)15-7-9/h5-7H,1H2,2-4H3,(H2,14,18)(H2,16,17,19). The Bertz CT molecular complexity index is 523. The van der Waals surface area contributed by atoms with Crippen molar-refractivity contribution in [2.45, 2.75) is 26.3 Å². The molecule has 6 nitrogen and oxygen atoms in total. The van der Waals surface area contributed by atoms with Crippen LogP contribution in [0, 0.1) is 6.92 Å². The van der Waals surface area contributed by atoms with Crippen LogP contribution in [0.15, 0.2) is 24.9 Å². The van der Waals surface area contributed by atoms with E-state index in [0.717, 1.165) is 0 Å². The van der Waals surface area contributed by atoms with Gasteiger partial charge in [-0.25, -0.2) is 4.79 Å². The first kappa shape index (κ1) is 14.7. The summed E-state index contributed by atoms with van der Waals surface area (Å²) in [5.74, 6) is -0.583. The number of urea groups is 1. The average Bonchev–Trinajstić information content (AvgIpc) is 2.30. The molecule has 1 aromatic rings. The third kappa shape index (κ3) is 4.09. The zero-order valence-corrected chi connectivity index (χ0v) is 11.3. The Kier molecular flexibility index (Phi) is 4.26. The van der Waals surface area contributed by atoms with Crippen LogP contribution >= 0.6 is 0 Å². The smallest absolute Gasteiger partial charge is 0.319 e. The van der Waals surface area contributed by atoms with Crippen molar-refractivity contribution < 1.29 is 9.59 Å². The van der Waals surface area contributed by atoms with Gasteiger partial charge in [-0.05, 0) is 26.8 Å². The number of amides is 3. The highest BCUT2D eigenvalue weighted by Crippen LogP contribution is 2.12. The SMILES string of the molecule is C=CC(C)(C)NC(=O)Nc1cnc(C)c(C(N)=O)c1.